The van der Waals surface area contributed by atoms with Gasteiger partial charge in [-0.1, -0.05) is 38.1 Å². The number of methoxy groups -OCH3 is 1. The maximum absolute atomic E-state index is 13.6. The Kier molecular flexibility index (Phi) is 13.4. The molecule has 0 unspecified atom stereocenters. The standard InChI is InChI=1S/C29H36FN3O6.Na/c1-18(2)27-25(13-12-23(34)14-24(35)15-26(36)37)33(22-10-8-21(30)9-11-22)32-28(27)29(38)31-16-19-4-6-20(7-5-19)17-39-3;/h4-11,18,23-24,34-35H,12-17H2,1-3H3,(H,31,38)(H,36,37);/q;+1/p-1/t23-,24-;/m1./s1. The van der Waals surface area contributed by atoms with Crippen LogP contribution in [0, 0.1) is 5.82 Å². The molecule has 210 valence electrons. The van der Waals surface area contributed by atoms with Gasteiger partial charge < -0.3 is 30.2 Å². The molecule has 3 N–H and O–H groups in total. The van der Waals surface area contributed by atoms with Crippen molar-refractivity contribution >= 4 is 11.9 Å². The first-order chi connectivity index (χ1) is 18.6. The normalized spacial score (nSPS) is 12.6. The van der Waals surface area contributed by atoms with Crippen molar-refractivity contribution in [3.8, 4) is 5.69 Å². The molecule has 0 aliphatic rings. The number of carboxylic acid groups (broad SMARTS) is 1. The molecule has 40 heavy (non-hydrogen) atoms. The maximum atomic E-state index is 13.6. The molecule has 9 nitrogen and oxygen atoms in total. The van der Waals surface area contributed by atoms with E-state index in [0.29, 0.717) is 23.6 Å². The van der Waals surface area contributed by atoms with Gasteiger partial charge in [-0.15, -0.1) is 0 Å². The zero-order valence-electron chi connectivity index (χ0n) is 23.4. The van der Waals surface area contributed by atoms with Crippen LogP contribution in [-0.4, -0.2) is 51.2 Å². The summed E-state index contributed by atoms with van der Waals surface area (Å²) in [7, 11) is 1.63. The van der Waals surface area contributed by atoms with Crippen LogP contribution in [0.4, 0.5) is 4.39 Å². The van der Waals surface area contributed by atoms with Crippen molar-refractivity contribution in [3.05, 3.63) is 82.4 Å². The summed E-state index contributed by atoms with van der Waals surface area (Å²) in [6.45, 7) is 4.65. The Morgan fingerprint density at radius 2 is 1.68 bits per heavy atom. The number of nitrogens with one attached hydrogen (secondary N) is 1. The Bertz CT molecular complexity index is 1250. The topological polar surface area (TPSA) is 137 Å². The Morgan fingerprint density at radius 3 is 2.25 bits per heavy atom. The van der Waals surface area contributed by atoms with Crippen LogP contribution >= 0.6 is 0 Å². The minimum absolute atomic E-state index is 0. The van der Waals surface area contributed by atoms with Crippen LogP contribution in [0.3, 0.4) is 0 Å². The number of hydrogen-bond donors (Lipinski definition) is 3. The number of amides is 1. The zero-order chi connectivity index (χ0) is 28.5. The van der Waals surface area contributed by atoms with Crippen molar-refractivity contribution in [3.63, 3.8) is 0 Å². The Labute approximate surface area is 255 Å². The average Bonchev–Trinajstić information content (AvgIpc) is 3.27. The summed E-state index contributed by atoms with van der Waals surface area (Å²) in [6.07, 6.45) is -2.46. The third-order valence-corrected chi connectivity index (χ3v) is 6.33. The van der Waals surface area contributed by atoms with Crippen LogP contribution in [0.1, 0.15) is 71.9 Å². The summed E-state index contributed by atoms with van der Waals surface area (Å²) >= 11 is 0. The molecule has 1 amide bonds. The van der Waals surface area contributed by atoms with Gasteiger partial charge in [-0.05, 0) is 60.6 Å². The summed E-state index contributed by atoms with van der Waals surface area (Å²) in [6, 6.07) is 13.4. The van der Waals surface area contributed by atoms with Crippen molar-refractivity contribution in [2.24, 2.45) is 0 Å². The molecule has 3 aromatic rings. The number of carbonyl (C=O) groups excluding carboxylic acids is 2. The van der Waals surface area contributed by atoms with Crippen molar-refractivity contribution in [2.45, 2.75) is 70.8 Å². The molecule has 2 aromatic carbocycles. The number of rotatable bonds is 14. The van der Waals surface area contributed by atoms with Crippen LogP contribution in [0.25, 0.3) is 5.69 Å². The summed E-state index contributed by atoms with van der Waals surface area (Å²) < 4.78 is 20.3. The minimum Gasteiger partial charge on any atom is -0.550 e. The molecule has 0 aliphatic heterocycles. The van der Waals surface area contributed by atoms with Crippen LogP contribution in [0.5, 0.6) is 0 Å². The van der Waals surface area contributed by atoms with E-state index in [1.54, 1.807) is 23.9 Å². The van der Waals surface area contributed by atoms with Gasteiger partial charge >= 0.3 is 29.6 Å². The number of carboxylic acids is 1. The molecule has 2 atom stereocenters. The van der Waals surface area contributed by atoms with E-state index in [1.807, 2.05) is 38.1 Å². The quantitative estimate of drug-likeness (QED) is 0.223. The predicted molar refractivity (Wildman–Crippen MR) is 141 cm³/mol. The first kappa shape index (κ1) is 33.6. The van der Waals surface area contributed by atoms with Gasteiger partial charge in [-0.3, -0.25) is 4.79 Å². The van der Waals surface area contributed by atoms with E-state index < -0.39 is 30.4 Å². The van der Waals surface area contributed by atoms with Crippen LogP contribution < -0.4 is 40.0 Å². The number of aliphatic carboxylic acids is 1. The molecule has 0 saturated heterocycles. The number of benzene rings is 2. The first-order valence-corrected chi connectivity index (χ1v) is 12.9. The molecule has 0 radical (unpaired) electrons. The second-order valence-corrected chi connectivity index (χ2v) is 9.84. The van der Waals surface area contributed by atoms with Gasteiger partial charge in [0.05, 0.1) is 24.5 Å². The number of aliphatic hydroxyl groups is 2. The summed E-state index contributed by atoms with van der Waals surface area (Å²) in [5, 5.41) is 38.6. The molecule has 0 bridgehead atoms. The Balaban J connectivity index is 0.00000560. The number of carbonyl (C=O) groups is 2. The van der Waals surface area contributed by atoms with Gasteiger partial charge in [0.2, 0.25) is 0 Å². The SMILES string of the molecule is COCc1ccc(CNC(=O)c2nn(-c3ccc(F)cc3)c(CC[C@@H](O)C[C@@H](O)CC(=O)[O-])c2C(C)C)cc1.[Na+]. The van der Waals surface area contributed by atoms with E-state index in [-0.39, 0.29) is 72.9 Å². The molecular weight excluding hydrogens is 528 g/mol. The van der Waals surface area contributed by atoms with Crippen molar-refractivity contribution in [2.75, 3.05) is 7.11 Å². The fourth-order valence-corrected chi connectivity index (χ4v) is 4.47. The third-order valence-electron chi connectivity index (χ3n) is 6.33. The number of nitrogens with zero attached hydrogens (tertiary/aromatic N) is 2. The van der Waals surface area contributed by atoms with E-state index in [1.165, 1.54) is 12.1 Å². The molecule has 0 fully saturated rings. The first-order valence-electron chi connectivity index (χ1n) is 12.9. The second kappa shape index (κ2) is 16.0. The number of halogens is 1. The number of aromatic nitrogens is 2. The van der Waals surface area contributed by atoms with Crippen molar-refractivity contribution in [1.29, 1.82) is 0 Å². The van der Waals surface area contributed by atoms with E-state index in [4.69, 9.17) is 4.74 Å². The van der Waals surface area contributed by atoms with Crippen molar-refractivity contribution in [1.82, 2.24) is 15.1 Å². The Morgan fingerprint density at radius 1 is 1.05 bits per heavy atom. The number of aliphatic hydroxyl groups excluding tert-OH is 2. The molecule has 1 aromatic heterocycles. The zero-order valence-corrected chi connectivity index (χ0v) is 25.4. The molecule has 11 heteroatoms. The van der Waals surface area contributed by atoms with E-state index in [2.05, 4.69) is 10.4 Å². The smallest absolute Gasteiger partial charge is 0.550 e. The van der Waals surface area contributed by atoms with Crippen LogP contribution in [0.15, 0.2) is 48.5 Å². The second-order valence-electron chi connectivity index (χ2n) is 9.84. The van der Waals surface area contributed by atoms with Gasteiger partial charge in [0.25, 0.3) is 5.91 Å². The van der Waals surface area contributed by atoms with Gasteiger partial charge in [0.1, 0.15) is 5.82 Å². The van der Waals surface area contributed by atoms with Crippen molar-refractivity contribution < 1.29 is 63.6 Å². The van der Waals surface area contributed by atoms with E-state index in [9.17, 15) is 29.3 Å². The van der Waals surface area contributed by atoms with Gasteiger partial charge in [-0.25, -0.2) is 9.07 Å². The number of hydrogen-bond acceptors (Lipinski definition) is 7. The maximum Gasteiger partial charge on any atom is 1.00 e. The van der Waals surface area contributed by atoms with E-state index in [0.717, 1.165) is 11.1 Å². The summed E-state index contributed by atoms with van der Waals surface area (Å²) in [5.74, 6) is -2.29. The molecule has 0 aliphatic carbocycles. The van der Waals surface area contributed by atoms with Gasteiger partial charge in [0.15, 0.2) is 5.69 Å². The minimum atomic E-state index is -1.40. The van der Waals surface area contributed by atoms with E-state index >= 15 is 0 Å². The number of ether oxygens (including phenoxy) is 1. The summed E-state index contributed by atoms with van der Waals surface area (Å²) in [5.41, 5.74) is 4.06. The molecule has 1 heterocycles. The fraction of sp³-hybridized carbons (Fsp3) is 0.414. The molecule has 3 rings (SSSR count). The monoisotopic (exact) mass is 563 g/mol. The fourth-order valence-electron chi connectivity index (χ4n) is 4.47. The van der Waals surface area contributed by atoms with Crippen LogP contribution in [0.2, 0.25) is 0 Å². The largest absolute Gasteiger partial charge is 1.00 e. The van der Waals surface area contributed by atoms with Gasteiger partial charge in [-0.2, -0.15) is 5.10 Å². The summed E-state index contributed by atoms with van der Waals surface area (Å²) in [4.78, 5) is 24.1. The molecule has 0 spiro atoms. The molecule has 0 saturated carbocycles. The van der Waals surface area contributed by atoms with Gasteiger partial charge in [0, 0.05) is 37.3 Å². The average molecular weight is 564 g/mol. The van der Waals surface area contributed by atoms with Crippen LogP contribution in [-0.2, 0) is 29.1 Å². The predicted octanol–water partition coefficient (Wildman–Crippen LogP) is -0.600. The Hall–Kier alpha value is -2.60. The third kappa shape index (κ3) is 9.50. The molecular formula is C29H35FN3NaO6.